The van der Waals surface area contributed by atoms with Gasteiger partial charge in [-0.25, -0.2) is 4.79 Å². The van der Waals surface area contributed by atoms with Crippen molar-refractivity contribution < 1.29 is 23.8 Å². The number of benzene rings is 2. The van der Waals surface area contributed by atoms with Crippen LogP contribution in [-0.2, 0) is 24.1 Å². The first-order valence-electron chi connectivity index (χ1n) is 13.7. The topological polar surface area (TPSA) is 71.6 Å². The fraction of sp³-hybridized carbons (Fsp3) is 0.533. The highest BCUT2D eigenvalue weighted by molar-refractivity contribution is 5.85. The fourth-order valence-corrected chi connectivity index (χ4v) is 5.49. The van der Waals surface area contributed by atoms with E-state index in [1.807, 2.05) is 43.0 Å². The summed E-state index contributed by atoms with van der Waals surface area (Å²) in [7, 11) is 5.39. The van der Waals surface area contributed by atoms with Gasteiger partial charge in [-0.2, -0.15) is 0 Å². The molecule has 0 saturated heterocycles. The van der Waals surface area contributed by atoms with Crippen LogP contribution >= 0.6 is 12.4 Å². The molecule has 1 unspecified atom stereocenters. The maximum absolute atomic E-state index is 13.0. The SMILES string of the molecule is CCN(CC)C(=O)Oc1ccc2c(c1)CC2CN(C)CCC(=O)N1CCc2cc(OC)c(OC)cc2CC1.Cl. The van der Waals surface area contributed by atoms with Crippen LogP contribution in [0.4, 0.5) is 4.79 Å². The third kappa shape index (κ3) is 7.17. The standard InChI is InChI=1S/C30H41N3O5.ClH/c1-6-32(7-2)30(35)38-25-8-9-26-23(17-25)16-24(26)20-31(3)13-12-29(34)33-14-10-21-18-27(36-4)28(37-5)19-22(21)11-15-33;/h8-9,17-19,24H,6-7,10-16,20H2,1-5H3;1H. The van der Waals surface area contributed by atoms with Crippen molar-refractivity contribution >= 4 is 24.4 Å². The lowest BCUT2D eigenvalue weighted by molar-refractivity contribution is -0.131. The molecular formula is C30H42ClN3O5. The van der Waals surface area contributed by atoms with Crippen molar-refractivity contribution in [2.24, 2.45) is 0 Å². The van der Waals surface area contributed by atoms with Gasteiger partial charge in [0.15, 0.2) is 11.5 Å². The summed E-state index contributed by atoms with van der Waals surface area (Å²) in [5.74, 6) is 2.73. The number of hydrogen-bond acceptors (Lipinski definition) is 6. The fourth-order valence-electron chi connectivity index (χ4n) is 5.49. The van der Waals surface area contributed by atoms with E-state index in [1.54, 1.807) is 19.1 Å². The van der Waals surface area contributed by atoms with Crippen LogP contribution in [0.5, 0.6) is 17.2 Å². The maximum Gasteiger partial charge on any atom is 0.415 e. The summed E-state index contributed by atoms with van der Waals surface area (Å²) in [6.07, 6.45) is 2.81. The van der Waals surface area contributed by atoms with E-state index in [0.29, 0.717) is 31.2 Å². The molecule has 9 heteroatoms. The smallest absolute Gasteiger partial charge is 0.415 e. The lowest BCUT2D eigenvalue weighted by Gasteiger charge is -2.34. The molecule has 0 fully saturated rings. The zero-order valence-corrected chi connectivity index (χ0v) is 24.6. The number of likely N-dealkylation sites (N-methyl/N-ethyl adjacent to an activating group) is 1. The molecule has 0 saturated carbocycles. The molecule has 214 valence electrons. The highest BCUT2D eigenvalue weighted by atomic mass is 35.5. The van der Waals surface area contributed by atoms with Crippen molar-refractivity contribution in [2.45, 2.75) is 45.4 Å². The van der Waals surface area contributed by atoms with Crippen LogP contribution in [0.2, 0.25) is 0 Å². The van der Waals surface area contributed by atoms with Gasteiger partial charge in [0.05, 0.1) is 14.2 Å². The first-order chi connectivity index (χ1) is 18.4. The third-order valence-corrected chi connectivity index (χ3v) is 7.85. The van der Waals surface area contributed by atoms with Crippen molar-refractivity contribution in [3.8, 4) is 17.2 Å². The first kappa shape index (κ1) is 30.6. The van der Waals surface area contributed by atoms with Gasteiger partial charge >= 0.3 is 6.09 Å². The quantitative estimate of drug-likeness (QED) is 0.425. The van der Waals surface area contributed by atoms with Gasteiger partial charge in [0.1, 0.15) is 5.75 Å². The van der Waals surface area contributed by atoms with Crippen LogP contribution in [0.25, 0.3) is 0 Å². The minimum absolute atomic E-state index is 0. The Morgan fingerprint density at radius 2 is 1.56 bits per heavy atom. The zero-order valence-electron chi connectivity index (χ0n) is 23.8. The zero-order chi connectivity index (χ0) is 27.2. The molecule has 0 spiro atoms. The summed E-state index contributed by atoms with van der Waals surface area (Å²) in [4.78, 5) is 31.2. The van der Waals surface area contributed by atoms with Gasteiger partial charge in [-0.15, -0.1) is 12.4 Å². The summed E-state index contributed by atoms with van der Waals surface area (Å²) >= 11 is 0. The maximum atomic E-state index is 13.0. The van der Waals surface area contributed by atoms with Gasteiger partial charge in [-0.1, -0.05) is 6.07 Å². The van der Waals surface area contributed by atoms with E-state index in [1.165, 1.54) is 22.3 Å². The van der Waals surface area contributed by atoms with Crippen molar-refractivity contribution in [2.75, 3.05) is 60.5 Å². The van der Waals surface area contributed by atoms with E-state index in [-0.39, 0.29) is 24.4 Å². The number of fused-ring (bicyclic) bond motifs is 2. The van der Waals surface area contributed by atoms with Crippen molar-refractivity contribution in [1.82, 2.24) is 14.7 Å². The molecule has 2 amide bonds. The number of halogens is 1. The van der Waals surface area contributed by atoms with Crippen LogP contribution in [0.3, 0.4) is 0 Å². The molecular weight excluding hydrogens is 518 g/mol. The average Bonchev–Trinajstić information content (AvgIpc) is 3.12. The van der Waals surface area contributed by atoms with E-state index in [9.17, 15) is 9.59 Å². The molecule has 2 aromatic rings. The molecule has 1 heterocycles. The minimum atomic E-state index is -0.303. The van der Waals surface area contributed by atoms with E-state index in [0.717, 1.165) is 56.9 Å². The summed E-state index contributed by atoms with van der Waals surface area (Å²) in [6, 6.07) is 10.0. The second-order valence-corrected chi connectivity index (χ2v) is 10.2. The average molecular weight is 560 g/mol. The number of nitrogens with zero attached hydrogens (tertiary/aromatic N) is 3. The van der Waals surface area contributed by atoms with Gasteiger partial charge in [-0.05, 0) is 86.7 Å². The predicted octanol–water partition coefficient (Wildman–Crippen LogP) is 4.56. The van der Waals surface area contributed by atoms with Crippen molar-refractivity contribution in [3.05, 3.63) is 52.6 Å². The van der Waals surface area contributed by atoms with Crippen molar-refractivity contribution in [3.63, 3.8) is 0 Å². The van der Waals surface area contributed by atoms with Crippen LogP contribution < -0.4 is 14.2 Å². The van der Waals surface area contributed by atoms with Gasteiger partial charge in [0.2, 0.25) is 5.91 Å². The molecule has 8 nitrogen and oxygen atoms in total. The molecule has 2 aliphatic rings. The summed E-state index contributed by atoms with van der Waals surface area (Å²) < 4.78 is 16.5. The Morgan fingerprint density at radius 1 is 0.949 bits per heavy atom. The largest absolute Gasteiger partial charge is 0.493 e. The van der Waals surface area contributed by atoms with Gasteiger partial charge < -0.3 is 28.9 Å². The van der Waals surface area contributed by atoms with Crippen LogP contribution in [0.1, 0.15) is 48.4 Å². The Morgan fingerprint density at radius 3 is 2.10 bits per heavy atom. The molecule has 0 bridgehead atoms. The van der Waals surface area contributed by atoms with Gasteiger partial charge in [0.25, 0.3) is 0 Å². The lowest BCUT2D eigenvalue weighted by Crippen LogP contribution is -2.37. The lowest BCUT2D eigenvalue weighted by atomic mass is 9.77. The predicted molar refractivity (Wildman–Crippen MR) is 155 cm³/mol. The Kier molecular flexibility index (Phi) is 10.9. The van der Waals surface area contributed by atoms with Crippen LogP contribution in [-0.4, -0.2) is 87.2 Å². The molecule has 0 aromatic heterocycles. The minimum Gasteiger partial charge on any atom is -0.493 e. The van der Waals surface area contributed by atoms with Crippen molar-refractivity contribution in [1.29, 1.82) is 0 Å². The molecule has 1 atom stereocenters. The number of ether oxygens (including phenoxy) is 3. The molecule has 2 aromatic carbocycles. The number of rotatable bonds is 10. The summed E-state index contributed by atoms with van der Waals surface area (Å²) in [5.41, 5.74) is 5.00. The van der Waals surface area contributed by atoms with Crippen LogP contribution in [0.15, 0.2) is 30.3 Å². The summed E-state index contributed by atoms with van der Waals surface area (Å²) in [6.45, 7) is 8.24. The Hall–Kier alpha value is -2.97. The molecule has 0 radical (unpaired) electrons. The van der Waals surface area contributed by atoms with E-state index >= 15 is 0 Å². The van der Waals surface area contributed by atoms with E-state index in [4.69, 9.17) is 14.2 Å². The first-order valence-corrected chi connectivity index (χ1v) is 13.7. The monoisotopic (exact) mass is 559 g/mol. The second kappa shape index (κ2) is 13.9. The number of hydrogen-bond donors (Lipinski definition) is 0. The van der Waals surface area contributed by atoms with Crippen LogP contribution in [0, 0.1) is 0 Å². The third-order valence-electron chi connectivity index (χ3n) is 7.85. The van der Waals surface area contributed by atoms with Gasteiger partial charge in [-0.3, -0.25) is 4.79 Å². The number of methoxy groups -OCH3 is 2. The molecule has 1 aliphatic carbocycles. The van der Waals surface area contributed by atoms with E-state index in [2.05, 4.69) is 18.0 Å². The molecule has 0 N–H and O–H groups in total. The second-order valence-electron chi connectivity index (χ2n) is 10.2. The Bertz CT molecular complexity index is 1120. The summed E-state index contributed by atoms with van der Waals surface area (Å²) in [5, 5.41) is 0. The normalized spacial score (nSPS) is 15.7. The highest BCUT2D eigenvalue weighted by Gasteiger charge is 2.28. The molecule has 39 heavy (non-hydrogen) atoms. The van der Waals surface area contributed by atoms with E-state index < -0.39 is 0 Å². The number of carbonyl (C=O) groups excluding carboxylic acids is 2. The highest BCUT2D eigenvalue weighted by Crippen LogP contribution is 2.38. The Balaban J connectivity index is 0.00000420. The molecule has 4 rings (SSSR count). The molecule has 1 aliphatic heterocycles. The number of amides is 2. The number of carbonyl (C=O) groups is 2. The van der Waals surface area contributed by atoms with Gasteiger partial charge in [0, 0.05) is 51.6 Å². The Labute approximate surface area is 238 Å².